The lowest BCUT2D eigenvalue weighted by Gasteiger charge is -2.29. The average molecular weight is 285 g/mol. The third-order valence-corrected chi connectivity index (χ3v) is 4.52. The molecule has 2 rings (SSSR count). The molecule has 1 heterocycles. The monoisotopic (exact) mass is 284 g/mol. The normalized spacial score (nSPS) is 19.9. The highest BCUT2D eigenvalue weighted by Crippen LogP contribution is 2.35. The highest BCUT2D eigenvalue weighted by Gasteiger charge is 2.27. The number of hydrogen-bond acceptors (Lipinski definition) is 3. The van der Waals surface area contributed by atoms with Gasteiger partial charge in [-0.1, -0.05) is 43.7 Å². The molecule has 108 valence electrons. The zero-order valence-corrected chi connectivity index (χ0v) is 12.5. The molecule has 1 aliphatic rings. The highest BCUT2D eigenvalue weighted by molar-refractivity contribution is 6.31. The SMILES string of the molecule is CCn1ncc(Cl)c1C(NN)C1CCCCCCC1. The second-order valence-electron chi connectivity index (χ2n) is 5.44. The molecule has 0 aromatic carbocycles. The van der Waals surface area contributed by atoms with Crippen molar-refractivity contribution in [1.82, 2.24) is 15.2 Å². The van der Waals surface area contributed by atoms with Gasteiger partial charge in [0.1, 0.15) is 0 Å². The number of aromatic nitrogens is 2. The van der Waals surface area contributed by atoms with Crippen LogP contribution >= 0.6 is 11.6 Å². The van der Waals surface area contributed by atoms with Gasteiger partial charge in [-0.25, -0.2) is 0 Å². The summed E-state index contributed by atoms with van der Waals surface area (Å²) in [7, 11) is 0. The summed E-state index contributed by atoms with van der Waals surface area (Å²) in [5, 5.41) is 5.06. The number of halogens is 1. The van der Waals surface area contributed by atoms with Gasteiger partial charge in [0.05, 0.1) is 23.0 Å². The van der Waals surface area contributed by atoms with E-state index < -0.39 is 0 Å². The first kappa shape index (κ1) is 14.8. The van der Waals surface area contributed by atoms with Crippen LogP contribution in [0.2, 0.25) is 5.02 Å². The molecule has 1 atom stereocenters. The summed E-state index contributed by atoms with van der Waals surface area (Å²) in [5.41, 5.74) is 4.05. The smallest absolute Gasteiger partial charge is 0.0834 e. The van der Waals surface area contributed by atoms with Crippen LogP contribution < -0.4 is 11.3 Å². The van der Waals surface area contributed by atoms with Crippen molar-refractivity contribution < 1.29 is 0 Å². The zero-order chi connectivity index (χ0) is 13.7. The van der Waals surface area contributed by atoms with E-state index in [0.717, 1.165) is 17.3 Å². The Labute approximate surface area is 120 Å². The van der Waals surface area contributed by atoms with E-state index in [0.29, 0.717) is 5.92 Å². The van der Waals surface area contributed by atoms with Crippen molar-refractivity contribution in [2.45, 2.75) is 64.5 Å². The number of nitrogens with zero attached hydrogens (tertiary/aromatic N) is 2. The quantitative estimate of drug-likeness (QED) is 0.658. The molecule has 4 nitrogen and oxygen atoms in total. The number of nitrogens with two attached hydrogens (primary N) is 1. The number of hydrazine groups is 1. The fourth-order valence-corrected chi connectivity index (χ4v) is 3.45. The molecule has 0 bridgehead atoms. The molecule has 19 heavy (non-hydrogen) atoms. The molecule has 0 saturated heterocycles. The molecule has 1 aromatic heterocycles. The van der Waals surface area contributed by atoms with Crippen LogP contribution in [0.15, 0.2) is 6.20 Å². The minimum absolute atomic E-state index is 0.119. The number of rotatable bonds is 4. The Bertz CT molecular complexity index is 383. The van der Waals surface area contributed by atoms with Gasteiger partial charge in [-0.2, -0.15) is 5.10 Å². The predicted octanol–water partition coefficient (Wildman–Crippen LogP) is 3.42. The minimum Gasteiger partial charge on any atom is -0.271 e. The van der Waals surface area contributed by atoms with Gasteiger partial charge in [0, 0.05) is 6.54 Å². The van der Waals surface area contributed by atoms with Gasteiger partial charge in [-0.3, -0.25) is 16.0 Å². The largest absolute Gasteiger partial charge is 0.271 e. The number of nitrogens with one attached hydrogen (secondary N) is 1. The maximum Gasteiger partial charge on any atom is 0.0834 e. The van der Waals surface area contributed by atoms with E-state index in [9.17, 15) is 0 Å². The van der Waals surface area contributed by atoms with Crippen LogP contribution in [-0.4, -0.2) is 9.78 Å². The summed E-state index contributed by atoms with van der Waals surface area (Å²) in [6.07, 6.45) is 10.8. The Balaban J connectivity index is 2.19. The summed E-state index contributed by atoms with van der Waals surface area (Å²) in [6.45, 7) is 2.91. The van der Waals surface area contributed by atoms with Crippen molar-refractivity contribution in [3.8, 4) is 0 Å². The Kier molecular flexibility index (Phi) is 5.67. The van der Waals surface area contributed by atoms with Crippen molar-refractivity contribution in [3.63, 3.8) is 0 Å². The summed E-state index contributed by atoms with van der Waals surface area (Å²) in [6, 6.07) is 0.119. The van der Waals surface area contributed by atoms with Gasteiger partial charge < -0.3 is 0 Å². The van der Waals surface area contributed by atoms with Crippen molar-refractivity contribution in [2.75, 3.05) is 0 Å². The molecule has 0 spiro atoms. The average Bonchev–Trinajstić information content (AvgIpc) is 2.74. The van der Waals surface area contributed by atoms with Crippen LogP contribution in [-0.2, 0) is 6.54 Å². The van der Waals surface area contributed by atoms with E-state index in [4.69, 9.17) is 17.4 Å². The summed E-state index contributed by atoms with van der Waals surface area (Å²) in [5.74, 6) is 6.39. The first-order chi connectivity index (χ1) is 9.27. The molecule has 1 aromatic rings. The lowest BCUT2D eigenvalue weighted by atomic mass is 9.84. The second-order valence-corrected chi connectivity index (χ2v) is 5.85. The first-order valence-corrected chi connectivity index (χ1v) is 7.83. The maximum atomic E-state index is 6.31. The van der Waals surface area contributed by atoms with Crippen molar-refractivity contribution >= 4 is 11.6 Å². The van der Waals surface area contributed by atoms with Gasteiger partial charge in [0.15, 0.2) is 0 Å². The second kappa shape index (κ2) is 7.27. The molecule has 1 saturated carbocycles. The van der Waals surface area contributed by atoms with Crippen molar-refractivity contribution in [1.29, 1.82) is 0 Å². The van der Waals surface area contributed by atoms with Crippen LogP contribution in [0.25, 0.3) is 0 Å². The van der Waals surface area contributed by atoms with E-state index in [2.05, 4.69) is 17.4 Å². The molecule has 0 amide bonds. The molecule has 0 aliphatic heterocycles. The summed E-state index contributed by atoms with van der Waals surface area (Å²) < 4.78 is 1.96. The fraction of sp³-hybridized carbons (Fsp3) is 0.786. The van der Waals surface area contributed by atoms with Crippen LogP contribution in [0.4, 0.5) is 0 Å². The Morgan fingerprint density at radius 2 is 2.00 bits per heavy atom. The Morgan fingerprint density at radius 1 is 1.37 bits per heavy atom. The van der Waals surface area contributed by atoms with E-state index >= 15 is 0 Å². The lowest BCUT2D eigenvalue weighted by Crippen LogP contribution is -2.35. The molecule has 0 radical (unpaired) electrons. The molecule has 5 heteroatoms. The van der Waals surface area contributed by atoms with E-state index in [1.807, 2.05) is 4.68 Å². The molecule has 1 unspecified atom stereocenters. The van der Waals surface area contributed by atoms with Crippen LogP contribution in [0.1, 0.15) is 63.6 Å². The maximum absolute atomic E-state index is 6.31. The number of aryl methyl sites for hydroxylation is 1. The van der Waals surface area contributed by atoms with Crippen LogP contribution in [0.3, 0.4) is 0 Å². The minimum atomic E-state index is 0.119. The van der Waals surface area contributed by atoms with Crippen molar-refractivity contribution in [3.05, 3.63) is 16.9 Å². The molecule has 1 aliphatic carbocycles. The van der Waals surface area contributed by atoms with Gasteiger partial charge in [0.2, 0.25) is 0 Å². The summed E-state index contributed by atoms with van der Waals surface area (Å²) >= 11 is 6.31. The standard InChI is InChI=1S/C14H25ClN4/c1-2-19-14(12(15)10-17-19)13(18-16)11-8-6-4-3-5-7-9-11/h10-11,13,18H,2-9,16H2,1H3. The number of hydrogen-bond donors (Lipinski definition) is 2. The fourth-order valence-electron chi connectivity index (χ4n) is 3.19. The Hall–Kier alpha value is -0.580. The molecule has 3 N–H and O–H groups in total. The lowest BCUT2D eigenvalue weighted by molar-refractivity contribution is 0.279. The third kappa shape index (κ3) is 3.50. The van der Waals surface area contributed by atoms with Crippen molar-refractivity contribution in [2.24, 2.45) is 11.8 Å². The molecular weight excluding hydrogens is 260 g/mol. The first-order valence-electron chi connectivity index (χ1n) is 7.45. The van der Waals surface area contributed by atoms with Gasteiger partial charge in [-0.05, 0) is 25.7 Å². The van der Waals surface area contributed by atoms with Gasteiger partial charge >= 0.3 is 0 Å². The van der Waals surface area contributed by atoms with Gasteiger partial charge in [0.25, 0.3) is 0 Å². The van der Waals surface area contributed by atoms with E-state index in [-0.39, 0.29) is 6.04 Å². The Morgan fingerprint density at radius 3 is 2.58 bits per heavy atom. The van der Waals surface area contributed by atoms with Gasteiger partial charge in [-0.15, -0.1) is 0 Å². The zero-order valence-electron chi connectivity index (χ0n) is 11.7. The molecular formula is C14H25ClN4. The third-order valence-electron chi connectivity index (χ3n) is 4.23. The predicted molar refractivity (Wildman–Crippen MR) is 78.8 cm³/mol. The van der Waals surface area contributed by atoms with E-state index in [1.54, 1.807) is 6.20 Å². The van der Waals surface area contributed by atoms with Crippen LogP contribution in [0, 0.1) is 5.92 Å². The van der Waals surface area contributed by atoms with Crippen LogP contribution in [0.5, 0.6) is 0 Å². The molecule has 1 fully saturated rings. The topological polar surface area (TPSA) is 55.9 Å². The summed E-state index contributed by atoms with van der Waals surface area (Å²) in [4.78, 5) is 0. The highest BCUT2D eigenvalue weighted by atomic mass is 35.5. The van der Waals surface area contributed by atoms with E-state index in [1.165, 1.54) is 44.9 Å².